The van der Waals surface area contributed by atoms with Crippen LogP contribution >= 0.6 is 0 Å². The number of fused-ring (bicyclic) bond motifs is 1. The Morgan fingerprint density at radius 1 is 1.00 bits per heavy atom. The number of anilines is 1. The lowest BCUT2D eigenvalue weighted by molar-refractivity contribution is -0.136. The van der Waals surface area contributed by atoms with Crippen LogP contribution in [0, 0.1) is 5.92 Å². The van der Waals surface area contributed by atoms with Crippen molar-refractivity contribution >= 4 is 29.3 Å². The average molecular weight is 476 g/mol. The van der Waals surface area contributed by atoms with Gasteiger partial charge in [0.05, 0.1) is 22.9 Å². The summed E-state index contributed by atoms with van der Waals surface area (Å²) in [5, 5.41) is 10.3. The maximum Gasteiger partial charge on any atom is 0.262 e. The molecule has 9 heteroatoms. The van der Waals surface area contributed by atoms with Gasteiger partial charge in [0.2, 0.25) is 11.8 Å². The number of piperidine rings is 1. The molecule has 2 aliphatic carbocycles. The number of nitrogens with zero attached hydrogens (tertiary/aromatic N) is 3. The molecule has 3 fully saturated rings. The molecule has 1 unspecified atom stereocenters. The van der Waals surface area contributed by atoms with E-state index >= 15 is 0 Å². The van der Waals surface area contributed by atoms with E-state index in [0.29, 0.717) is 23.1 Å². The average Bonchev–Trinajstić information content (AvgIpc) is 3.50. The molecule has 35 heavy (non-hydrogen) atoms. The molecule has 2 N–H and O–H groups in total. The molecule has 0 spiro atoms. The number of nitrogens with one attached hydrogen (secondary N) is 2. The Labute approximate surface area is 203 Å². The first-order valence-electron chi connectivity index (χ1n) is 12.6. The van der Waals surface area contributed by atoms with Crippen molar-refractivity contribution in [1.82, 2.24) is 20.0 Å². The second-order valence-electron chi connectivity index (χ2n) is 10.3. The zero-order chi connectivity index (χ0) is 24.1. The van der Waals surface area contributed by atoms with E-state index in [2.05, 4.69) is 27.6 Å². The highest BCUT2D eigenvalue weighted by Crippen LogP contribution is 2.42. The molecule has 3 heterocycles. The van der Waals surface area contributed by atoms with Crippen LogP contribution in [0.1, 0.15) is 89.7 Å². The second kappa shape index (κ2) is 8.62. The van der Waals surface area contributed by atoms with Gasteiger partial charge in [-0.05, 0) is 75.1 Å². The SMILES string of the molecule is O=C1CCC(N2C(=O)c3ccc(NCCCC4CC(n5ccc(C6CC6)n5)C4)cc3C2=O)C(=O)N1. The molecule has 2 aliphatic heterocycles. The van der Waals surface area contributed by atoms with Crippen molar-refractivity contribution in [3.8, 4) is 0 Å². The summed E-state index contributed by atoms with van der Waals surface area (Å²) in [6.45, 7) is 0.784. The van der Waals surface area contributed by atoms with Gasteiger partial charge in [-0.15, -0.1) is 0 Å². The van der Waals surface area contributed by atoms with Gasteiger partial charge in [-0.3, -0.25) is 34.1 Å². The first-order valence-corrected chi connectivity index (χ1v) is 12.6. The number of amides is 4. The summed E-state index contributed by atoms with van der Waals surface area (Å²) in [5.74, 6) is -0.513. The van der Waals surface area contributed by atoms with E-state index in [1.807, 2.05) is 0 Å². The Hall–Kier alpha value is -3.49. The fourth-order valence-electron chi connectivity index (χ4n) is 5.51. The first kappa shape index (κ1) is 22.0. The molecule has 1 saturated heterocycles. The van der Waals surface area contributed by atoms with E-state index in [1.54, 1.807) is 18.2 Å². The van der Waals surface area contributed by atoms with Gasteiger partial charge in [0.1, 0.15) is 6.04 Å². The van der Waals surface area contributed by atoms with Crippen molar-refractivity contribution in [2.45, 2.75) is 69.4 Å². The topological polar surface area (TPSA) is 113 Å². The molecule has 4 amide bonds. The normalized spacial score (nSPS) is 25.9. The van der Waals surface area contributed by atoms with E-state index in [1.165, 1.54) is 31.4 Å². The lowest BCUT2D eigenvalue weighted by Gasteiger charge is -2.35. The van der Waals surface area contributed by atoms with E-state index in [4.69, 9.17) is 5.10 Å². The summed E-state index contributed by atoms with van der Waals surface area (Å²) < 4.78 is 2.16. The van der Waals surface area contributed by atoms with Gasteiger partial charge < -0.3 is 5.32 Å². The Morgan fingerprint density at radius 2 is 1.80 bits per heavy atom. The van der Waals surface area contributed by atoms with Crippen LogP contribution in [0.15, 0.2) is 30.5 Å². The predicted octanol–water partition coefficient (Wildman–Crippen LogP) is 3.01. The molecule has 4 aliphatic rings. The van der Waals surface area contributed by atoms with Crippen molar-refractivity contribution in [3.63, 3.8) is 0 Å². The van der Waals surface area contributed by atoms with E-state index in [9.17, 15) is 19.2 Å². The van der Waals surface area contributed by atoms with Gasteiger partial charge in [0.25, 0.3) is 11.8 Å². The van der Waals surface area contributed by atoms with Crippen LogP contribution in [0.5, 0.6) is 0 Å². The Bertz CT molecular complexity index is 1210. The highest BCUT2D eigenvalue weighted by atomic mass is 16.2. The third kappa shape index (κ3) is 4.13. The Kier molecular flexibility index (Phi) is 5.42. The van der Waals surface area contributed by atoms with Crippen LogP contribution in [-0.4, -0.2) is 50.9 Å². The first-order chi connectivity index (χ1) is 17.0. The molecule has 2 saturated carbocycles. The fourth-order valence-corrected chi connectivity index (χ4v) is 5.51. The number of carbonyl (C=O) groups excluding carboxylic acids is 4. The summed E-state index contributed by atoms with van der Waals surface area (Å²) in [7, 11) is 0. The lowest BCUT2D eigenvalue weighted by atomic mass is 9.77. The Balaban J connectivity index is 0.986. The molecular weight excluding hydrogens is 446 g/mol. The summed E-state index contributed by atoms with van der Waals surface area (Å²) in [6.07, 6.45) is 9.50. The highest BCUT2D eigenvalue weighted by molar-refractivity contribution is 6.23. The number of aromatic nitrogens is 2. The fraction of sp³-hybridized carbons (Fsp3) is 0.500. The third-order valence-electron chi connectivity index (χ3n) is 7.77. The molecule has 1 aromatic carbocycles. The summed E-state index contributed by atoms with van der Waals surface area (Å²) in [6, 6.07) is 6.90. The minimum Gasteiger partial charge on any atom is -0.385 e. The highest BCUT2D eigenvalue weighted by Gasteiger charge is 2.44. The molecule has 0 bridgehead atoms. The van der Waals surface area contributed by atoms with Crippen molar-refractivity contribution in [2.24, 2.45) is 5.92 Å². The van der Waals surface area contributed by atoms with Crippen LogP contribution in [0.2, 0.25) is 0 Å². The van der Waals surface area contributed by atoms with Crippen molar-refractivity contribution in [1.29, 1.82) is 0 Å². The smallest absolute Gasteiger partial charge is 0.262 e. The second-order valence-corrected chi connectivity index (χ2v) is 10.3. The van der Waals surface area contributed by atoms with Crippen molar-refractivity contribution in [3.05, 3.63) is 47.3 Å². The maximum absolute atomic E-state index is 12.9. The molecular formula is C26H29N5O4. The number of carbonyl (C=O) groups is 4. The van der Waals surface area contributed by atoms with Crippen molar-refractivity contribution < 1.29 is 19.2 Å². The standard InChI is InChI=1S/C26H29N5O4/c32-23-8-7-22(24(33)28-23)31-25(34)19-6-5-17(14-20(19)26(31)35)27-10-1-2-15-12-18(13-15)30-11-9-21(29-30)16-3-4-16/h5-6,9,11,14-16,18,22,27H,1-4,7-8,10,12-13H2,(H,28,32,33). The number of benzene rings is 1. The molecule has 1 atom stereocenters. The van der Waals surface area contributed by atoms with E-state index in [0.717, 1.165) is 35.9 Å². The van der Waals surface area contributed by atoms with Crippen LogP contribution in [0.4, 0.5) is 5.69 Å². The van der Waals surface area contributed by atoms with Gasteiger partial charge in [-0.2, -0.15) is 5.10 Å². The largest absolute Gasteiger partial charge is 0.385 e. The van der Waals surface area contributed by atoms with Gasteiger partial charge in [0.15, 0.2) is 0 Å². The van der Waals surface area contributed by atoms with Gasteiger partial charge >= 0.3 is 0 Å². The number of imide groups is 2. The van der Waals surface area contributed by atoms with E-state index in [-0.39, 0.29) is 18.7 Å². The van der Waals surface area contributed by atoms with Gasteiger partial charge in [-0.25, -0.2) is 0 Å². The monoisotopic (exact) mass is 475 g/mol. The van der Waals surface area contributed by atoms with Gasteiger partial charge in [0, 0.05) is 30.8 Å². The molecule has 1 aromatic heterocycles. The third-order valence-corrected chi connectivity index (χ3v) is 7.77. The zero-order valence-electron chi connectivity index (χ0n) is 19.5. The van der Waals surface area contributed by atoms with Crippen molar-refractivity contribution in [2.75, 3.05) is 11.9 Å². The number of hydrogen-bond acceptors (Lipinski definition) is 6. The molecule has 6 rings (SSSR count). The molecule has 9 nitrogen and oxygen atoms in total. The maximum atomic E-state index is 12.9. The minimum absolute atomic E-state index is 0.113. The van der Waals surface area contributed by atoms with E-state index < -0.39 is 23.8 Å². The van der Waals surface area contributed by atoms with Crippen LogP contribution in [-0.2, 0) is 9.59 Å². The van der Waals surface area contributed by atoms with Crippen LogP contribution in [0.25, 0.3) is 0 Å². The summed E-state index contributed by atoms with van der Waals surface area (Å²) in [5.41, 5.74) is 2.64. The predicted molar refractivity (Wildman–Crippen MR) is 127 cm³/mol. The van der Waals surface area contributed by atoms with Crippen LogP contribution in [0.3, 0.4) is 0 Å². The number of rotatable bonds is 8. The minimum atomic E-state index is -0.940. The number of hydrogen-bond donors (Lipinski definition) is 2. The van der Waals surface area contributed by atoms with Gasteiger partial charge in [-0.1, -0.05) is 0 Å². The zero-order valence-corrected chi connectivity index (χ0v) is 19.5. The Morgan fingerprint density at radius 3 is 2.57 bits per heavy atom. The van der Waals surface area contributed by atoms with Crippen LogP contribution < -0.4 is 10.6 Å². The summed E-state index contributed by atoms with van der Waals surface area (Å²) >= 11 is 0. The molecule has 2 aromatic rings. The molecule has 182 valence electrons. The summed E-state index contributed by atoms with van der Waals surface area (Å²) in [4.78, 5) is 50.4. The quantitative estimate of drug-likeness (QED) is 0.448. The lowest BCUT2D eigenvalue weighted by Crippen LogP contribution is -2.54. The molecule has 0 radical (unpaired) electrons.